The number of rotatable bonds is 5. The lowest BCUT2D eigenvalue weighted by atomic mass is 9.98. The van der Waals surface area contributed by atoms with Crippen LogP contribution >= 0.6 is 0 Å². The van der Waals surface area contributed by atoms with Gasteiger partial charge in [-0.05, 0) is 31.9 Å². The maximum absolute atomic E-state index is 12.7. The molecule has 1 aromatic rings. The zero-order valence-corrected chi connectivity index (χ0v) is 16.5. The summed E-state index contributed by atoms with van der Waals surface area (Å²) >= 11 is 0. The van der Waals surface area contributed by atoms with Gasteiger partial charge in [-0.3, -0.25) is 25.2 Å². The molecule has 0 atom stereocenters. The van der Waals surface area contributed by atoms with Crippen molar-refractivity contribution in [2.75, 3.05) is 13.1 Å². The Morgan fingerprint density at radius 1 is 1.04 bits per heavy atom. The fourth-order valence-electron chi connectivity index (χ4n) is 2.74. The summed E-state index contributed by atoms with van der Waals surface area (Å²) < 4.78 is 26.8. The molecule has 1 aliphatic rings. The van der Waals surface area contributed by atoms with Crippen LogP contribution in [0.5, 0.6) is 0 Å². The molecule has 1 fully saturated rings. The first kappa shape index (κ1) is 21.0. The molecular formula is C18H25N3O5S. The molecule has 0 unspecified atom stereocenters. The average Bonchev–Trinajstić information content (AvgIpc) is 2.65. The molecular weight excluding hydrogens is 370 g/mol. The highest BCUT2D eigenvalue weighted by Gasteiger charge is 2.32. The lowest BCUT2D eigenvalue weighted by Crippen LogP contribution is -2.49. The van der Waals surface area contributed by atoms with Crippen LogP contribution in [0.2, 0.25) is 0 Å². The average molecular weight is 395 g/mol. The number of nitrogens with one attached hydrogen (secondary N) is 2. The van der Waals surface area contributed by atoms with Gasteiger partial charge in [0.05, 0.1) is 4.90 Å². The van der Waals surface area contributed by atoms with Gasteiger partial charge in [0.15, 0.2) is 5.78 Å². The molecule has 9 heteroatoms. The minimum absolute atomic E-state index is 0.125. The summed E-state index contributed by atoms with van der Waals surface area (Å²) in [6, 6.07) is 5.83. The number of hydrogen-bond acceptors (Lipinski definition) is 5. The Kier molecular flexibility index (Phi) is 6.72. The molecule has 1 aliphatic heterocycles. The predicted molar refractivity (Wildman–Crippen MR) is 99.1 cm³/mol. The summed E-state index contributed by atoms with van der Waals surface area (Å²) in [5.41, 5.74) is 5.21. The van der Waals surface area contributed by atoms with Gasteiger partial charge >= 0.3 is 0 Å². The molecule has 2 rings (SSSR count). The summed E-state index contributed by atoms with van der Waals surface area (Å²) in [4.78, 5) is 35.1. The van der Waals surface area contributed by atoms with E-state index < -0.39 is 10.0 Å². The summed E-state index contributed by atoms with van der Waals surface area (Å²) in [5, 5.41) is 0. The highest BCUT2D eigenvalue weighted by Crippen LogP contribution is 2.24. The van der Waals surface area contributed by atoms with Gasteiger partial charge in [-0.2, -0.15) is 4.31 Å². The lowest BCUT2D eigenvalue weighted by molar-refractivity contribution is -0.133. The van der Waals surface area contributed by atoms with Crippen LogP contribution in [-0.4, -0.2) is 43.4 Å². The second-order valence-corrected chi connectivity index (χ2v) is 8.83. The molecule has 27 heavy (non-hydrogen) atoms. The van der Waals surface area contributed by atoms with Crippen molar-refractivity contribution in [3.63, 3.8) is 0 Å². The minimum atomic E-state index is -3.67. The van der Waals surface area contributed by atoms with Crippen LogP contribution in [0.4, 0.5) is 0 Å². The van der Waals surface area contributed by atoms with Gasteiger partial charge in [-0.25, -0.2) is 8.42 Å². The second-order valence-electron chi connectivity index (χ2n) is 6.89. The molecule has 0 spiro atoms. The highest BCUT2D eigenvalue weighted by atomic mass is 32.2. The van der Waals surface area contributed by atoms with E-state index in [1.165, 1.54) is 35.5 Å². The first-order valence-electron chi connectivity index (χ1n) is 8.83. The Balaban J connectivity index is 1.94. The molecule has 0 bridgehead atoms. The molecule has 1 heterocycles. The zero-order chi connectivity index (χ0) is 20.2. The SMILES string of the molecule is CC(=O)c1ccc(S(=O)(=O)N2CCC(C(=O)NNC(=O)C(C)C)CC2)cc1. The number of hydrogen-bond donors (Lipinski definition) is 2. The first-order chi connectivity index (χ1) is 12.6. The van der Waals surface area contributed by atoms with Gasteiger partial charge in [0.25, 0.3) is 0 Å². The van der Waals surface area contributed by atoms with Gasteiger partial charge in [0, 0.05) is 30.5 Å². The van der Waals surface area contributed by atoms with Crippen molar-refractivity contribution in [3.05, 3.63) is 29.8 Å². The van der Waals surface area contributed by atoms with E-state index in [1.807, 2.05) is 0 Å². The molecule has 0 saturated carbocycles. The second kappa shape index (κ2) is 8.62. The van der Waals surface area contributed by atoms with E-state index in [0.717, 1.165) is 0 Å². The molecule has 0 aromatic heterocycles. The van der Waals surface area contributed by atoms with Crippen LogP contribution in [0.25, 0.3) is 0 Å². The number of carbonyl (C=O) groups excluding carboxylic acids is 3. The van der Waals surface area contributed by atoms with Crippen molar-refractivity contribution in [2.45, 2.75) is 38.5 Å². The molecule has 0 aliphatic carbocycles. The maximum Gasteiger partial charge on any atom is 0.243 e. The third-order valence-corrected chi connectivity index (χ3v) is 6.47. The Labute approximate surface area is 159 Å². The van der Waals surface area contributed by atoms with Crippen molar-refractivity contribution in [2.24, 2.45) is 11.8 Å². The summed E-state index contributed by atoms with van der Waals surface area (Å²) in [5.74, 6) is -1.32. The number of sulfonamides is 1. The summed E-state index contributed by atoms with van der Waals surface area (Å²) in [7, 11) is -3.67. The maximum atomic E-state index is 12.7. The van der Waals surface area contributed by atoms with Crippen LogP contribution in [0.15, 0.2) is 29.2 Å². The number of benzene rings is 1. The van der Waals surface area contributed by atoms with Crippen LogP contribution in [0.1, 0.15) is 44.0 Å². The van der Waals surface area contributed by atoms with Crippen molar-refractivity contribution in [1.82, 2.24) is 15.2 Å². The highest BCUT2D eigenvalue weighted by molar-refractivity contribution is 7.89. The number of Topliss-reactive ketones (excluding diaryl/α,β-unsaturated/α-hetero) is 1. The van der Waals surface area contributed by atoms with Gasteiger partial charge < -0.3 is 0 Å². The number of carbonyl (C=O) groups is 3. The van der Waals surface area contributed by atoms with Crippen molar-refractivity contribution < 1.29 is 22.8 Å². The largest absolute Gasteiger partial charge is 0.295 e. The molecule has 1 saturated heterocycles. The van der Waals surface area contributed by atoms with E-state index in [9.17, 15) is 22.8 Å². The Hall–Kier alpha value is -2.26. The van der Waals surface area contributed by atoms with E-state index in [4.69, 9.17) is 0 Å². The molecule has 1 aromatic carbocycles. The third-order valence-electron chi connectivity index (χ3n) is 4.56. The smallest absolute Gasteiger partial charge is 0.243 e. The number of ketones is 1. The molecule has 0 radical (unpaired) electrons. The van der Waals surface area contributed by atoms with Crippen LogP contribution in [0.3, 0.4) is 0 Å². The van der Waals surface area contributed by atoms with Crippen LogP contribution in [-0.2, 0) is 19.6 Å². The topological polar surface area (TPSA) is 113 Å². The number of hydrazine groups is 1. The molecule has 2 amide bonds. The fraction of sp³-hybridized carbons (Fsp3) is 0.500. The quantitative estimate of drug-likeness (QED) is 0.572. The normalized spacial score (nSPS) is 16.1. The van der Waals surface area contributed by atoms with Crippen molar-refractivity contribution >= 4 is 27.6 Å². The third kappa shape index (κ3) is 5.14. The van der Waals surface area contributed by atoms with E-state index in [0.29, 0.717) is 18.4 Å². The van der Waals surface area contributed by atoms with Gasteiger partial charge in [-0.15, -0.1) is 0 Å². The fourth-order valence-corrected chi connectivity index (χ4v) is 4.21. The number of amides is 2. The minimum Gasteiger partial charge on any atom is -0.295 e. The van der Waals surface area contributed by atoms with E-state index in [2.05, 4.69) is 10.9 Å². The molecule has 2 N–H and O–H groups in total. The number of piperidine rings is 1. The van der Waals surface area contributed by atoms with Gasteiger partial charge in [0.2, 0.25) is 21.8 Å². The van der Waals surface area contributed by atoms with Crippen LogP contribution in [0, 0.1) is 11.8 Å². The van der Waals surface area contributed by atoms with Crippen molar-refractivity contribution in [1.29, 1.82) is 0 Å². The Morgan fingerprint density at radius 2 is 1.59 bits per heavy atom. The van der Waals surface area contributed by atoms with E-state index in [-0.39, 0.29) is 47.4 Å². The Morgan fingerprint density at radius 3 is 2.07 bits per heavy atom. The summed E-state index contributed by atoms with van der Waals surface area (Å²) in [6.07, 6.45) is 0.738. The zero-order valence-electron chi connectivity index (χ0n) is 15.7. The van der Waals surface area contributed by atoms with Gasteiger partial charge in [0.1, 0.15) is 0 Å². The first-order valence-corrected chi connectivity index (χ1v) is 10.3. The van der Waals surface area contributed by atoms with E-state index >= 15 is 0 Å². The van der Waals surface area contributed by atoms with E-state index in [1.54, 1.807) is 13.8 Å². The predicted octanol–water partition coefficient (Wildman–Crippen LogP) is 1.09. The van der Waals surface area contributed by atoms with Crippen molar-refractivity contribution in [3.8, 4) is 0 Å². The molecule has 148 valence electrons. The Bertz CT molecular complexity index is 810. The summed E-state index contributed by atoms with van der Waals surface area (Å²) in [6.45, 7) is 5.28. The standard InChI is InChI=1S/C18H25N3O5S/c1-12(2)17(23)19-20-18(24)15-8-10-21(11-9-15)27(25,26)16-6-4-14(5-7-16)13(3)22/h4-7,12,15H,8-11H2,1-3H3,(H,19,23)(H,20,24). The van der Waals surface area contributed by atoms with Crippen LogP contribution < -0.4 is 10.9 Å². The lowest BCUT2D eigenvalue weighted by Gasteiger charge is -2.30. The molecule has 8 nitrogen and oxygen atoms in total. The monoisotopic (exact) mass is 395 g/mol. The number of nitrogens with zero attached hydrogens (tertiary/aromatic N) is 1. The van der Waals surface area contributed by atoms with Gasteiger partial charge in [-0.1, -0.05) is 26.0 Å².